The van der Waals surface area contributed by atoms with E-state index in [0.717, 1.165) is 25.1 Å². The summed E-state index contributed by atoms with van der Waals surface area (Å²) >= 11 is 0. The van der Waals surface area contributed by atoms with E-state index in [1.807, 2.05) is 32.4 Å². The number of amides is 1. The summed E-state index contributed by atoms with van der Waals surface area (Å²) in [6, 6.07) is 1.67. The number of fused-ring (bicyclic) bond motifs is 1. The molecule has 1 aliphatic heterocycles. The van der Waals surface area contributed by atoms with Crippen LogP contribution in [0.3, 0.4) is 0 Å². The monoisotopic (exact) mass is 434 g/mol. The Labute approximate surface area is 181 Å². The van der Waals surface area contributed by atoms with Crippen molar-refractivity contribution in [3.05, 3.63) is 11.9 Å². The Morgan fingerprint density at radius 1 is 1.39 bits per heavy atom. The van der Waals surface area contributed by atoms with Gasteiger partial charge >= 0.3 is 0 Å². The van der Waals surface area contributed by atoms with Crippen LogP contribution in [0.25, 0.3) is 11.2 Å². The standard InChI is InChI=1S/C21H31FN6O3/c1-12-24-18-15(27-31-11-21(2,3)23-4)10-16(26-20(29)13-9-14(13)22)25-19(18)28(12)17-7-5-6-8-30-17/h10,13-14,17,23H,5-9,11H2,1-4H3,(H2,25,26,27,29)/t13-,14+,17?/m1/s1. The molecule has 0 bridgehead atoms. The van der Waals surface area contributed by atoms with Crippen LogP contribution >= 0.6 is 0 Å². The number of hydrogen-bond donors (Lipinski definition) is 3. The highest BCUT2D eigenvalue weighted by molar-refractivity contribution is 5.96. The number of nitrogens with zero attached hydrogens (tertiary/aromatic N) is 3. The van der Waals surface area contributed by atoms with Gasteiger partial charge in [0.05, 0.1) is 18.2 Å². The highest BCUT2D eigenvalue weighted by atomic mass is 19.1. The van der Waals surface area contributed by atoms with E-state index in [2.05, 4.69) is 21.1 Å². The molecule has 1 unspecified atom stereocenters. The van der Waals surface area contributed by atoms with Crippen LogP contribution in [0, 0.1) is 12.8 Å². The van der Waals surface area contributed by atoms with Crippen LogP contribution in [0.2, 0.25) is 0 Å². The van der Waals surface area contributed by atoms with E-state index in [-0.39, 0.29) is 24.1 Å². The summed E-state index contributed by atoms with van der Waals surface area (Å²) in [5.74, 6) is 0.129. The van der Waals surface area contributed by atoms with Crippen LogP contribution in [0.1, 0.15) is 51.6 Å². The van der Waals surface area contributed by atoms with Crippen LogP contribution in [0.4, 0.5) is 15.9 Å². The van der Waals surface area contributed by atoms with Crippen LogP contribution < -0.4 is 16.1 Å². The van der Waals surface area contributed by atoms with Crippen molar-refractivity contribution in [3.63, 3.8) is 0 Å². The van der Waals surface area contributed by atoms with Gasteiger partial charge in [0.25, 0.3) is 0 Å². The number of likely N-dealkylation sites (N-methyl/N-ethyl adjacent to an activating group) is 1. The Hall–Kier alpha value is -2.30. The number of imidazole rings is 1. The molecule has 1 saturated carbocycles. The van der Waals surface area contributed by atoms with E-state index in [1.165, 1.54) is 0 Å². The van der Waals surface area contributed by atoms with E-state index >= 15 is 0 Å². The van der Waals surface area contributed by atoms with Gasteiger partial charge in [-0.05, 0) is 53.5 Å². The molecule has 10 heteroatoms. The van der Waals surface area contributed by atoms with Gasteiger partial charge in [0.15, 0.2) is 5.65 Å². The van der Waals surface area contributed by atoms with Crippen molar-refractivity contribution in [2.24, 2.45) is 5.92 Å². The molecule has 3 N–H and O–H groups in total. The maximum absolute atomic E-state index is 13.3. The number of aryl methyl sites for hydroxylation is 1. The van der Waals surface area contributed by atoms with Crippen LogP contribution in [0.15, 0.2) is 6.07 Å². The molecule has 0 spiro atoms. The first kappa shape index (κ1) is 21.9. The number of carbonyl (C=O) groups excluding carboxylic acids is 1. The van der Waals surface area contributed by atoms with Gasteiger partial charge in [-0.25, -0.2) is 14.4 Å². The summed E-state index contributed by atoms with van der Waals surface area (Å²) in [6.07, 6.45) is 1.99. The second kappa shape index (κ2) is 8.68. The predicted molar refractivity (Wildman–Crippen MR) is 115 cm³/mol. The van der Waals surface area contributed by atoms with Crippen LogP contribution in [0.5, 0.6) is 0 Å². The Morgan fingerprint density at radius 2 is 2.16 bits per heavy atom. The minimum atomic E-state index is -1.07. The van der Waals surface area contributed by atoms with E-state index in [9.17, 15) is 9.18 Å². The topological polar surface area (TPSA) is 102 Å². The average molecular weight is 435 g/mol. The third kappa shape index (κ3) is 4.81. The van der Waals surface area contributed by atoms with Crippen LogP contribution in [-0.2, 0) is 14.4 Å². The van der Waals surface area contributed by atoms with Gasteiger partial charge in [-0.2, -0.15) is 0 Å². The van der Waals surface area contributed by atoms with Crippen LogP contribution in [-0.4, -0.2) is 52.4 Å². The highest BCUT2D eigenvalue weighted by Crippen LogP contribution is 2.36. The fourth-order valence-corrected chi connectivity index (χ4v) is 3.61. The van der Waals surface area contributed by atoms with E-state index < -0.39 is 12.1 Å². The molecule has 2 aromatic rings. The van der Waals surface area contributed by atoms with E-state index in [0.29, 0.717) is 35.9 Å². The molecule has 0 aromatic carbocycles. The first-order valence-corrected chi connectivity index (χ1v) is 10.8. The molecule has 9 nitrogen and oxygen atoms in total. The molecule has 1 amide bonds. The summed E-state index contributed by atoms with van der Waals surface area (Å²) < 4.78 is 21.3. The second-order valence-electron chi connectivity index (χ2n) is 8.95. The molecular weight excluding hydrogens is 403 g/mol. The molecule has 1 saturated heterocycles. The summed E-state index contributed by atoms with van der Waals surface area (Å²) in [4.78, 5) is 27.4. The molecule has 4 rings (SSSR count). The molecule has 2 aliphatic rings. The van der Waals surface area contributed by atoms with Crippen molar-refractivity contribution in [1.82, 2.24) is 19.9 Å². The summed E-state index contributed by atoms with van der Waals surface area (Å²) in [6.45, 7) is 7.03. The summed E-state index contributed by atoms with van der Waals surface area (Å²) in [5, 5.41) is 5.92. The summed E-state index contributed by atoms with van der Waals surface area (Å²) in [5.41, 5.74) is 4.53. The molecule has 2 fully saturated rings. The van der Waals surface area contributed by atoms with E-state index in [1.54, 1.807) is 6.07 Å². The van der Waals surface area contributed by atoms with Crippen molar-refractivity contribution < 1.29 is 18.8 Å². The van der Waals surface area contributed by atoms with Crippen molar-refractivity contribution in [2.75, 3.05) is 31.1 Å². The first-order valence-electron chi connectivity index (χ1n) is 10.8. The molecular formula is C21H31FN6O3. The Morgan fingerprint density at radius 3 is 2.81 bits per heavy atom. The second-order valence-corrected chi connectivity index (χ2v) is 8.95. The number of carbonyl (C=O) groups is 1. The fraction of sp³-hybridized carbons (Fsp3) is 0.667. The summed E-state index contributed by atoms with van der Waals surface area (Å²) in [7, 11) is 1.87. The van der Waals surface area contributed by atoms with Crippen molar-refractivity contribution in [2.45, 2.75) is 64.4 Å². The number of alkyl halides is 1. The van der Waals surface area contributed by atoms with Gasteiger partial charge in [-0.15, -0.1) is 0 Å². The molecule has 3 atom stereocenters. The predicted octanol–water partition coefficient (Wildman–Crippen LogP) is 3.08. The zero-order chi connectivity index (χ0) is 22.2. The minimum Gasteiger partial charge on any atom is -0.358 e. The van der Waals surface area contributed by atoms with Gasteiger partial charge in [-0.1, -0.05) is 0 Å². The third-order valence-corrected chi connectivity index (χ3v) is 5.86. The number of rotatable bonds is 8. The molecule has 31 heavy (non-hydrogen) atoms. The zero-order valence-electron chi connectivity index (χ0n) is 18.5. The number of aromatic nitrogens is 3. The highest BCUT2D eigenvalue weighted by Gasteiger charge is 2.43. The maximum atomic E-state index is 13.3. The molecule has 0 radical (unpaired) electrons. The smallest absolute Gasteiger partial charge is 0.231 e. The van der Waals surface area contributed by atoms with Gasteiger partial charge in [0.1, 0.15) is 29.6 Å². The largest absolute Gasteiger partial charge is 0.358 e. The Bertz CT molecular complexity index is 956. The Kier molecular flexibility index (Phi) is 6.14. The lowest BCUT2D eigenvalue weighted by atomic mass is 10.1. The maximum Gasteiger partial charge on any atom is 0.231 e. The van der Waals surface area contributed by atoms with Gasteiger partial charge < -0.3 is 15.4 Å². The number of halogens is 1. The SMILES string of the molecule is CNC(C)(C)CONc1cc(NC(=O)[C@@H]2C[C@@H]2F)nc2c1nc(C)n2C1CCCCO1. The Balaban J connectivity index is 1.66. The lowest BCUT2D eigenvalue weighted by Gasteiger charge is -2.25. The quantitative estimate of drug-likeness (QED) is 0.549. The average Bonchev–Trinajstić information content (AvgIpc) is 3.38. The number of anilines is 2. The first-order chi connectivity index (χ1) is 14.8. The number of pyridine rings is 1. The van der Waals surface area contributed by atoms with Gasteiger partial charge in [0, 0.05) is 18.2 Å². The van der Waals surface area contributed by atoms with Crippen molar-refractivity contribution >= 4 is 28.6 Å². The molecule has 2 aromatic heterocycles. The van der Waals surface area contributed by atoms with Gasteiger partial charge in [0.2, 0.25) is 5.91 Å². The zero-order valence-corrected chi connectivity index (χ0v) is 18.5. The molecule has 3 heterocycles. The van der Waals surface area contributed by atoms with E-state index in [4.69, 9.17) is 14.6 Å². The number of ether oxygens (including phenoxy) is 1. The fourth-order valence-electron chi connectivity index (χ4n) is 3.61. The van der Waals surface area contributed by atoms with Gasteiger partial charge in [-0.3, -0.25) is 19.7 Å². The normalized spacial score (nSPS) is 23.7. The number of hydrogen-bond acceptors (Lipinski definition) is 7. The third-order valence-electron chi connectivity index (χ3n) is 5.86. The van der Waals surface area contributed by atoms with Crippen molar-refractivity contribution in [1.29, 1.82) is 0 Å². The lowest BCUT2D eigenvalue weighted by Crippen LogP contribution is -2.41. The van der Waals surface area contributed by atoms with Crippen molar-refractivity contribution in [3.8, 4) is 0 Å². The lowest BCUT2D eigenvalue weighted by molar-refractivity contribution is -0.117. The minimum absolute atomic E-state index is 0.159. The molecule has 170 valence electrons. The molecule has 1 aliphatic carbocycles. The number of nitrogens with one attached hydrogen (secondary N) is 3.